The fourth-order valence-corrected chi connectivity index (χ4v) is 3.01. The molecule has 0 heterocycles. The van der Waals surface area contributed by atoms with Crippen LogP contribution < -0.4 is 10.6 Å². The molecule has 0 fully saturated rings. The standard InChI is InChI=1S/C27H32N2O6/c1-3-4-17-34-25(31)16-15-24(30)20(2)28-26(32)23(18-21-11-7-5-8-12-21)29-27(33)35-19-22-13-9-6-10-14-22/h5-16,20,23H,3-4,17-19H2,1-2H3,(H,28,32)(H,29,33)/b16-15-/t20-,23-/m0/s1. The van der Waals surface area contributed by atoms with E-state index in [-0.39, 0.29) is 19.6 Å². The van der Waals surface area contributed by atoms with E-state index in [1.807, 2.05) is 67.6 Å². The van der Waals surface area contributed by atoms with E-state index in [0.717, 1.165) is 36.1 Å². The van der Waals surface area contributed by atoms with E-state index >= 15 is 0 Å². The molecule has 35 heavy (non-hydrogen) atoms. The second-order valence-electron chi connectivity index (χ2n) is 7.94. The van der Waals surface area contributed by atoms with Crippen molar-refractivity contribution in [3.63, 3.8) is 0 Å². The maximum atomic E-state index is 12.9. The zero-order valence-electron chi connectivity index (χ0n) is 20.1. The molecule has 0 saturated carbocycles. The number of benzene rings is 2. The minimum absolute atomic E-state index is 0.0559. The maximum Gasteiger partial charge on any atom is 0.408 e. The molecule has 2 amide bonds. The Balaban J connectivity index is 1.96. The first kappa shape index (κ1) is 27.3. The van der Waals surface area contributed by atoms with Gasteiger partial charge in [-0.3, -0.25) is 9.59 Å². The van der Waals surface area contributed by atoms with Gasteiger partial charge in [0.05, 0.1) is 12.6 Å². The molecule has 0 saturated heterocycles. The van der Waals surface area contributed by atoms with Crippen molar-refractivity contribution >= 4 is 23.8 Å². The molecular weight excluding hydrogens is 448 g/mol. The lowest BCUT2D eigenvalue weighted by atomic mass is 10.0. The van der Waals surface area contributed by atoms with Gasteiger partial charge in [0.1, 0.15) is 12.6 Å². The fraction of sp³-hybridized carbons (Fsp3) is 0.333. The van der Waals surface area contributed by atoms with Gasteiger partial charge in [0.15, 0.2) is 5.78 Å². The summed E-state index contributed by atoms with van der Waals surface area (Å²) in [5.74, 6) is -1.64. The number of nitrogens with one attached hydrogen (secondary N) is 2. The summed E-state index contributed by atoms with van der Waals surface area (Å²) in [6.45, 7) is 3.81. The van der Waals surface area contributed by atoms with Crippen LogP contribution in [0.25, 0.3) is 0 Å². The van der Waals surface area contributed by atoms with Crippen molar-refractivity contribution in [2.75, 3.05) is 6.61 Å². The van der Waals surface area contributed by atoms with Gasteiger partial charge in [-0.05, 0) is 30.5 Å². The van der Waals surface area contributed by atoms with Crippen molar-refractivity contribution in [2.45, 2.75) is 51.8 Å². The Kier molecular flexibility index (Phi) is 11.7. The number of alkyl carbamates (subject to hydrolysis) is 1. The summed E-state index contributed by atoms with van der Waals surface area (Å²) in [5.41, 5.74) is 1.63. The lowest BCUT2D eigenvalue weighted by Gasteiger charge is -2.20. The van der Waals surface area contributed by atoms with E-state index < -0.39 is 35.8 Å². The Hall–Kier alpha value is -3.94. The van der Waals surface area contributed by atoms with Gasteiger partial charge in [-0.25, -0.2) is 9.59 Å². The van der Waals surface area contributed by atoms with E-state index in [0.29, 0.717) is 0 Å². The van der Waals surface area contributed by atoms with E-state index in [9.17, 15) is 19.2 Å². The fourth-order valence-electron chi connectivity index (χ4n) is 3.01. The molecule has 186 valence electrons. The third kappa shape index (κ3) is 10.7. The quantitative estimate of drug-likeness (QED) is 0.258. The number of amides is 2. The normalized spacial score (nSPS) is 12.4. The first-order chi connectivity index (χ1) is 16.9. The first-order valence-electron chi connectivity index (χ1n) is 11.6. The molecule has 8 heteroatoms. The molecule has 0 unspecified atom stereocenters. The maximum absolute atomic E-state index is 12.9. The summed E-state index contributed by atoms with van der Waals surface area (Å²) in [4.78, 5) is 49.3. The summed E-state index contributed by atoms with van der Waals surface area (Å²) >= 11 is 0. The number of carbonyl (C=O) groups excluding carboxylic acids is 4. The Bertz CT molecular complexity index is 991. The smallest absolute Gasteiger partial charge is 0.408 e. The Morgan fingerprint density at radius 2 is 1.49 bits per heavy atom. The van der Waals surface area contributed by atoms with E-state index in [1.165, 1.54) is 6.92 Å². The Labute approximate surface area is 205 Å². The monoisotopic (exact) mass is 480 g/mol. The van der Waals surface area contributed by atoms with Crippen LogP contribution in [0.4, 0.5) is 4.79 Å². The second kappa shape index (κ2) is 15.1. The van der Waals surface area contributed by atoms with Gasteiger partial charge in [-0.2, -0.15) is 0 Å². The summed E-state index contributed by atoms with van der Waals surface area (Å²) in [6.07, 6.45) is 3.20. The van der Waals surface area contributed by atoms with Crippen LogP contribution in [0.15, 0.2) is 72.8 Å². The van der Waals surface area contributed by atoms with Crippen molar-refractivity contribution in [1.29, 1.82) is 0 Å². The summed E-state index contributed by atoms with van der Waals surface area (Å²) in [6, 6.07) is 16.4. The molecule has 0 bridgehead atoms. The van der Waals surface area contributed by atoms with Gasteiger partial charge in [-0.1, -0.05) is 74.0 Å². The van der Waals surface area contributed by atoms with Crippen LogP contribution in [-0.2, 0) is 36.9 Å². The minimum atomic E-state index is -0.973. The lowest BCUT2D eigenvalue weighted by molar-refractivity contribution is -0.138. The van der Waals surface area contributed by atoms with Crippen molar-refractivity contribution in [3.8, 4) is 0 Å². The third-order valence-electron chi connectivity index (χ3n) is 5.02. The predicted molar refractivity (Wildman–Crippen MR) is 131 cm³/mol. The number of ketones is 1. The van der Waals surface area contributed by atoms with Crippen LogP contribution in [0.3, 0.4) is 0 Å². The van der Waals surface area contributed by atoms with Crippen LogP contribution in [-0.4, -0.2) is 42.4 Å². The molecule has 2 aromatic rings. The van der Waals surface area contributed by atoms with Gasteiger partial charge in [0, 0.05) is 12.5 Å². The van der Waals surface area contributed by atoms with E-state index in [1.54, 1.807) is 0 Å². The molecule has 0 aliphatic carbocycles. The molecule has 2 atom stereocenters. The molecule has 0 spiro atoms. The average Bonchev–Trinajstić information content (AvgIpc) is 2.87. The van der Waals surface area contributed by atoms with Crippen LogP contribution in [0.1, 0.15) is 37.8 Å². The number of unbranched alkanes of at least 4 members (excludes halogenated alkanes) is 1. The molecule has 2 rings (SSSR count). The molecule has 2 aromatic carbocycles. The number of esters is 1. The zero-order valence-corrected chi connectivity index (χ0v) is 20.1. The molecule has 2 N–H and O–H groups in total. The summed E-state index contributed by atoms with van der Waals surface area (Å²) in [5, 5.41) is 5.18. The number of rotatable bonds is 13. The SMILES string of the molecule is CCCCOC(=O)/C=C\C(=O)[C@H](C)NC(=O)[C@H](Cc1ccccc1)NC(=O)OCc1ccccc1. The summed E-state index contributed by atoms with van der Waals surface area (Å²) < 4.78 is 10.2. The third-order valence-corrected chi connectivity index (χ3v) is 5.02. The van der Waals surface area contributed by atoms with Gasteiger partial charge >= 0.3 is 12.1 Å². The topological polar surface area (TPSA) is 111 Å². The molecule has 0 aliphatic rings. The van der Waals surface area contributed by atoms with Gasteiger partial charge in [0.25, 0.3) is 0 Å². The summed E-state index contributed by atoms with van der Waals surface area (Å²) in [7, 11) is 0. The Morgan fingerprint density at radius 3 is 2.11 bits per heavy atom. The Morgan fingerprint density at radius 1 is 0.857 bits per heavy atom. The lowest BCUT2D eigenvalue weighted by Crippen LogP contribution is -2.51. The highest BCUT2D eigenvalue weighted by atomic mass is 16.5. The van der Waals surface area contributed by atoms with Crippen molar-refractivity contribution in [3.05, 3.63) is 83.9 Å². The first-order valence-corrected chi connectivity index (χ1v) is 11.6. The molecule has 0 aliphatic heterocycles. The molecule has 8 nitrogen and oxygen atoms in total. The highest BCUT2D eigenvalue weighted by Gasteiger charge is 2.25. The largest absolute Gasteiger partial charge is 0.463 e. The molecular formula is C27H32N2O6. The van der Waals surface area contributed by atoms with Crippen LogP contribution in [0.2, 0.25) is 0 Å². The zero-order chi connectivity index (χ0) is 25.5. The van der Waals surface area contributed by atoms with Crippen LogP contribution in [0.5, 0.6) is 0 Å². The highest BCUT2D eigenvalue weighted by Crippen LogP contribution is 2.06. The van der Waals surface area contributed by atoms with Crippen molar-refractivity contribution in [1.82, 2.24) is 10.6 Å². The minimum Gasteiger partial charge on any atom is -0.463 e. The van der Waals surface area contributed by atoms with Gasteiger partial charge < -0.3 is 20.1 Å². The second-order valence-corrected chi connectivity index (χ2v) is 7.94. The number of ether oxygens (including phenoxy) is 2. The number of hydrogen-bond donors (Lipinski definition) is 2. The van der Waals surface area contributed by atoms with Gasteiger partial charge in [0.2, 0.25) is 5.91 Å². The van der Waals surface area contributed by atoms with E-state index in [4.69, 9.17) is 9.47 Å². The number of hydrogen-bond acceptors (Lipinski definition) is 6. The average molecular weight is 481 g/mol. The number of carbonyl (C=O) groups is 4. The van der Waals surface area contributed by atoms with Crippen molar-refractivity contribution < 1.29 is 28.7 Å². The van der Waals surface area contributed by atoms with Crippen LogP contribution in [0, 0.1) is 0 Å². The molecule has 0 radical (unpaired) electrons. The van der Waals surface area contributed by atoms with Crippen LogP contribution >= 0.6 is 0 Å². The highest BCUT2D eigenvalue weighted by molar-refractivity contribution is 6.01. The molecule has 0 aromatic heterocycles. The van der Waals surface area contributed by atoms with E-state index in [2.05, 4.69) is 10.6 Å². The van der Waals surface area contributed by atoms with Gasteiger partial charge in [-0.15, -0.1) is 0 Å². The predicted octanol–water partition coefficient (Wildman–Crippen LogP) is 3.50. The van der Waals surface area contributed by atoms with Crippen molar-refractivity contribution in [2.24, 2.45) is 0 Å².